The fraction of sp³-hybridized carbons (Fsp3) is 0.990. The summed E-state index contributed by atoms with van der Waals surface area (Å²) in [5, 5.41) is 0.550. The van der Waals surface area contributed by atoms with Crippen LogP contribution < -0.4 is 0 Å². The Balaban J connectivity index is 0.000000153. The van der Waals surface area contributed by atoms with Gasteiger partial charge >= 0.3 is 141 Å². The van der Waals surface area contributed by atoms with Crippen molar-refractivity contribution in [2.45, 2.75) is 462 Å². The van der Waals surface area contributed by atoms with Gasteiger partial charge in [-0.1, -0.05) is 209 Å². The number of hydrogen-bond donors (Lipinski definition) is 0. The molecule has 0 N–H and O–H groups in total. The summed E-state index contributed by atoms with van der Waals surface area (Å²) in [5.74, 6) is 14.9. The maximum absolute atomic E-state index is 8.61. The Kier molecular flexibility index (Phi) is 32.4. The molecule has 16 aliphatic carbocycles. The van der Waals surface area contributed by atoms with Crippen LogP contribution in [0.15, 0.2) is 0 Å². The van der Waals surface area contributed by atoms with Crippen molar-refractivity contribution in [2.24, 2.45) is 165 Å². The van der Waals surface area contributed by atoms with Gasteiger partial charge in [-0.25, -0.2) is 0 Å². The van der Waals surface area contributed by atoms with Crippen LogP contribution in [0.1, 0.15) is 361 Å². The van der Waals surface area contributed by atoms with Gasteiger partial charge in [-0.3, -0.25) is 0 Å². The second kappa shape index (κ2) is 40.7. The minimum Gasteiger partial charge on any atom is -0.373 e. The molecular weight excluding hydrogens is 2080 g/mol. The predicted molar refractivity (Wildman–Crippen MR) is 589 cm³/mol. The molecule has 0 spiro atoms. The molecule has 28 fully saturated rings. The average molecular weight is 2280 g/mol. The minimum atomic E-state index is -4.13. The molecule has 12 heterocycles. The third kappa shape index (κ3) is 23.4. The van der Waals surface area contributed by atoms with E-state index in [0.29, 0.717) is 90.7 Å². The first kappa shape index (κ1) is 113. The van der Waals surface area contributed by atoms with Crippen molar-refractivity contribution < 1.29 is 98.8 Å². The Labute approximate surface area is 880 Å². The summed E-state index contributed by atoms with van der Waals surface area (Å²) in [6, 6.07) is 7.88. The highest BCUT2D eigenvalue weighted by atomic mass is 31.1. The quantitative estimate of drug-likeness (QED) is 0.0327. The van der Waals surface area contributed by atoms with Crippen molar-refractivity contribution in [3.63, 3.8) is 0 Å². The molecule has 0 aromatic rings. The molecule has 0 amide bonds. The predicted octanol–water partition coefficient (Wildman–Crippen LogP) is 28.0. The van der Waals surface area contributed by atoms with E-state index in [1.54, 1.807) is 83.5 Å². The zero-order valence-corrected chi connectivity index (χ0v) is 111. The van der Waals surface area contributed by atoms with Gasteiger partial charge in [0.05, 0.1) is 0 Å². The third-order valence-electron chi connectivity index (χ3n) is 35.7. The van der Waals surface area contributed by atoms with E-state index < -0.39 is 149 Å². The van der Waals surface area contributed by atoms with Gasteiger partial charge in [-0.15, -0.1) is 0 Å². The molecule has 41 heteroatoms. The maximum atomic E-state index is 8.61. The van der Waals surface area contributed by atoms with Crippen LogP contribution in [0.2, 0.25) is 90.7 Å². The highest BCUT2D eigenvalue weighted by Gasteiger charge is 2.88. The van der Waals surface area contributed by atoms with Crippen molar-refractivity contribution in [3.05, 3.63) is 7.43 Å². The van der Waals surface area contributed by atoms with Gasteiger partial charge in [0.25, 0.3) is 0 Å². The summed E-state index contributed by atoms with van der Waals surface area (Å²) < 4.78 is 191. The summed E-state index contributed by atoms with van der Waals surface area (Å²) in [4.78, 5) is 0. The fourth-order valence-electron chi connectivity index (χ4n) is 35.4. The zero-order chi connectivity index (χ0) is 101. The van der Waals surface area contributed by atoms with Crippen molar-refractivity contribution in [1.82, 2.24) is 0 Å². The first-order chi connectivity index (χ1) is 65.8. The largest absolute Gasteiger partial charge is 0.483 e. The van der Waals surface area contributed by atoms with Gasteiger partial charge < -0.3 is 106 Å². The Morgan fingerprint density at radius 2 is 0.289 bits per heavy atom. The van der Waals surface area contributed by atoms with E-state index >= 15 is 0 Å². The molecule has 32 bridgehead atoms. The van der Waals surface area contributed by atoms with E-state index in [2.05, 4.69) is 201 Å². The van der Waals surface area contributed by atoms with Crippen LogP contribution in [0.4, 0.5) is 0 Å². The Hall–Kier alpha value is 2.94. The molecule has 28 rings (SSSR count). The summed E-state index contributed by atoms with van der Waals surface area (Å²) in [5.41, 5.74) is 1.70. The molecule has 12 aliphatic heterocycles. The first-order valence-corrected chi connectivity index (χ1v) is 90.9. The van der Waals surface area contributed by atoms with Gasteiger partial charge in [0, 0.05) is 96.4 Å². The van der Waals surface area contributed by atoms with Crippen LogP contribution in [-0.2, 0) is 98.8 Å². The van der Waals surface area contributed by atoms with E-state index in [1.165, 1.54) is 77.0 Å². The second-order valence-electron chi connectivity index (χ2n) is 58.0. The third-order valence-corrected chi connectivity index (χ3v) is 121. The lowest BCUT2D eigenvalue weighted by atomic mass is 9.42. The molecule has 0 unspecified atom stereocenters. The topological polar surface area (TPSA) is 222 Å². The number of rotatable bonds is 35. The standard InChI is InChI=1S/C49H95O12PSi8.C30H68O12Si8.C21H32.CH3/c1-35(2)27-63-50-64(28-36(3)4)53-67(31-39(9)10)55-65(51-63,29-37(5)6)57-69(33-41(13)14)58-66(52-63,30-38(7)8)56-68(54-64,32-40(11)12)60-70(59-67,61-69)34-62(48-21-42-15-43(22-48)17-44(16-42)23-48)49-24-45-18-46(25-49)20-47(19-45)26-49;1-16-43-31-44(17-24(2)3)34-47(20-27(8)9)36-45(32-43,18-25(4)5)38-49(22-29(12)13)39-46(33-43,19-26(6)7)37-48(35-44,21-28(10)11)41-50(40-47,42-49)23-30(14)15;1-14-2-16-3-15(1)8-20(7-14,9-16)13-21-10-17-4-18(11-21)6-19(5-17)12-21;/h35-47H,15-34H2,1-14H3;24-30H,16-23H2,1-15H3;14-19H,1-13H2;1H3/q;;;-1. The van der Waals surface area contributed by atoms with Crippen molar-refractivity contribution in [2.75, 3.05) is 5.79 Å². The van der Waals surface area contributed by atoms with Crippen LogP contribution in [-0.4, -0.2) is 157 Å². The summed E-state index contributed by atoms with van der Waals surface area (Å²) >= 11 is 0. The molecule has 0 aromatic heterocycles. The van der Waals surface area contributed by atoms with E-state index in [1.807, 2.05) is 0 Å². The Morgan fingerprint density at radius 3 is 0.408 bits per heavy atom. The van der Waals surface area contributed by atoms with E-state index in [0.717, 1.165) is 87.6 Å². The smallest absolute Gasteiger partial charge is 0.373 e. The molecule has 24 nitrogen and oxygen atoms in total. The van der Waals surface area contributed by atoms with E-state index in [9.17, 15) is 0 Å². The maximum Gasteiger partial charge on any atom is 0.483 e. The molecule has 142 heavy (non-hydrogen) atoms. The van der Waals surface area contributed by atoms with Gasteiger partial charge in [-0.2, -0.15) is 0 Å². The van der Waals surface area contributed by atoms with Gasteiger partial charge in [0.2, 0.25) is 0 Å². The van der Waals surface area contributed by atoms with Crippen molar-refractivity contribution in [3.8, 4) is 0 Å². The summed E-state index contributed by atoms with van der Waals surface area (Å²) in [6.45, 7) is 64.1. The van der Waals surface area contributed by atoms with Crippen LogP contribution >= 0.6 is 7.92 Å². The fourth-order valence-corrected chi connectivity index (χ4v) is 147. The number of hydrogen-bond acceptors (Lipinski definition) is 24. The normalized spacial score (nSPS) is 49.4. The Bertz CT molecular complexity index is 3860. The molecule has 0 aromatic carbocycles. The van der Waals surface area contributed by atoms with Crippen molar-refractivity contribution in [1.29, 1.82) is 0 Å². The SMILES string of the molecule is C1C2CC3CC1CC(CC14CC5CC(CC(C5)C1)C4)(C2)C3.CC(C)C[Si]12O[Si]3(CC(C)C)O[Si]4(CC(C)C)O[Si](CC(C)C)(O1)O[Si]1(CC(C)C)O[Si](CC(C)C)(O2)O[Si](CC(C)C)(O3)O[Si](CP(C23CC5CC(CC(C5)C2)C3)C23CC5CC(CC(C5)C2)C3)(O4)O1.CC[Si]12O[Si]3(CC(C)C)O[Si]4(CC(C)C)O[Si](CC(C)C)(O1)O[Si]1(CC(C)C)O[Si](CC(C)C)(O2)O[Si](CC(C)C)(O3)O[Si](CC(C)C)(O4)O1.[CH3-]. The first-order valence-electron chi connectivity index (χ1n) is 58.5. The van der Waals surface area contributed by atoms with Gasteiger partial charge in [-0.05, 0) is 336 Å². The lowest BCUT2D eigenvalue weighted by molar-refractivity contribution is -0.125. The lowest BCUT2D eigenvalue weighted by Crippen LogP contribution is -2.89. The van der Waals surface area contributed by atoms with Crippen LogP contribution in [0.25, 0.3) is 0 Å². The van der Waals surface area contributed by atoms with Gasteiger partial charge in [0.1, 0.15) is 0 Å². The monoisotopic (exact) mass is 2270 g/mol. The molecule has 28 aliphatic rings. The highest BCUT2D eigenvalue weighted by Crippen LogP contribution is 2.81. The second-order valence-corrected chi connectivity index (χ2v) is 110. The van der Waals surface area contributed by atoms with Crippen LogP contribution in [0, 0.1) is 172 Å². The van der Waals surface area contributed by atoms with Crippen LogP contribution in [0.3, 0.4) is 0 Å². The van der Waals surface area contributed by atoms with Crippen molar-refractivity contribution >= 4 is 149 Å². The van der Waals surface area contributed by atoms with Gasteiger partial charge in [0.15, 0.2) is 0 Å². The average Bonchev–Trinajstić information content (AvgIpc) is 0.667. The molecule has 16 saturated carbocycles. The Morgan fingerprint density at radius 1 is 0.176 bits per heavy atom. The van der Waals surface area contributed by atoms with Crippen LogP contribution in [0.5, 0.6) is 0 Å². The minimum absolute atomic E-state index is 0. The van der Waals surface area contributed by atoms with E-state index in [-0.39, 0.29) is 101 Å². The molecule has 12 saturated heterocycles. The summed E-state index contributed by atoms with van der Waals surface area (Å²) in [6.07, 6.45) is 38.1. The molecule has 0 atom stereocenters. The van der Waals surface area contributed by atoms with E-state index in [4.69, 9.17) is 98.8 Å². The highest BCUT2D eigenvalue weighted by molar-refractivity contribution is 7.63. The zero-order valence-electron chi connectivity index (χ0n) is 94.2. The summed E-state index contributed by atoms with van der Waals surface area (Å²) in [7, 11) is -63.2. The molecule has 816 valence electrons. The molecular formula is C101H198O24PSi16-. The lowest BCUT2D eigenvalue weighted by Gasteiger charge is -2.69. The molecule has 0 radical (unpaired) electrons.